The van der Waals surface area contributed by atoms with Crippen LogP contribution in [0, 0.1) is 11.6 Å². The number of ether oxygens (including phenoxy) is 2. The average molecular weight is 679 g/mol. The Kier molecular flexibility index (Phi) is 11.5. The van der Waals surface area contributed by atoms with Gasteiger partial charge in [-0.25, -0.2) is 13.6 Å². The number of halogens is 5. The molecule has 0 saturated carbocycles. The van der Waals surface area contributed by atoms with Gasteiger partial charge < -0.3 is 20.1 Å². The molecule has 1 unspecified atom stereocenters. The predicted molar refractivity (Wildman–Crippen MR) is 168 cm³/mol. The zero-order valence-corrected chi connectivity index (χ0v) is 26.3. The van der Waals surface area contributed by atoms with E-state index >= 15 is 0 Å². The molecule has 0 bridgehead atoms. The SMILES string of the molecule is CCOC(=O)C(CCC(=O)n1cc(NC(=O)Nc2ccc(OCc3ccc(SC(F)(F)F)cc3)cc2F)c2cc(F)ccc21)N(C)C. The third-order valence-corrected chi connectivity index (χ3v) is 7.59. The normalized spacial score (nSPS) is 12.2. The molecule has 0 aliphatic rings. The molecule has 250 valence electrons. The summed E-state index contributed by atoms with van der Waals surface area (Å²) >= 11 is -0.237. The number of anilines is 2. The van der Waals surface area contributed by atoms with E-state index in [9.17, 15) is 36.3 Å². The summed E-state index contributed by atoms with van der Waals surface area (Å²) in [5.41, 5.74) is -3.65. The summed E-state index contributed by atoms with van der Waals surface area (Å²) in [5.74, 6) is -2.22. The molecule has 4 rings (SSSR count). The second-order valence-corrected chi connectivity index (χ2v) is 11.6. The van der Waals surface area contributed by atoms with E-state index in [1.54, 1.807) is 25.9 Å². The Morgan fingerprint density at radius 3 is 2.30 bits per heavy atom. The predicted octanol–water partition coefficient (Wildman–Crippen LogP) is 7.67. The Balaban J connectivity index is 1.41. The van der Waals surface area contributed by atoms with Crippen LogP contribution < -0.4 is 15.4 Å². The first-order chi connectivity index (χ1) is 22.2. The summed E-state index contributed by atoms with van der Waals surface area (Å²) < 4.78 is 78.4. The lowest BCUT2D eigenvalue weighted by Gasteiger charge is -2.22. The number of carbonyl (C=O) groups is 3. The van der Waals surface area contributed by atoms with Crippen molar-refractivity contribution in [2.45, 2.75) is 42.8 Å². The van der Waals surface area contributed by atoms with Gasteiger partial charge in [0, 0.05) is 29.0 Å². The van der Waals surface area contributed by atoms with Gasteiger partial charge in [-0.2, -0.15) is 13.2 Å². The summed E-state index contributed by atoms with van der Waals surface area (Å²) in [4.78, 5) is 40.0. The highest BCUT2D eigenvalue weighted by atomic mass is 32.2. The number of likely N-dealkylation sites (N-methyl/N-ethyl adjacent to an activating group) is 1. The van der Waals surface area contributed by atoms with Gasteiger partial charge in [0.15, 0.2) is 0 Å². The van der Waals surface area contributed by atoms with Crippen molar-refractivity contribution in [2.24, 2.45) is 0 Å². The maximum Gasteiger partial charge on any atom is 0.446 e. The van der Waals surface area contributed by atoms with Crippen LogP contribution in [0.25, 0.3) is 10.9 Å². The molecule has 1 atom stereocenters. The zero-order chi connectivity index (χ0) is 34.3. The van der Waals surface area contributed by atoms with Crippen LogP contribution in [0.1, 0.15) is 30.1 Å². The standard InChI is InChI=1S/C32H31F5N4O5S/c1-4-45-30(43)28(40(2)3)13-14-29(42)41-17-26(23-15-20(33)7-12-27(23)41)39-31(44)38-25-11-8-21(16-24(25)34)46-18-19-5-9-22(10-6-19)47-32(35,36)37/h5-12,15-17,28H,4,13-14,18H2,1-3H3,(H2,38,39,44). The maximum absolute atomic E-state index is 14.8. The fourth-order valence-electron chi connectivity index (χ4n) is 4.63. The fourth-order valence-corrected chi connectivity index (χ4v) is 5.17. The molecule has 9 nitrogen and oxygen atoms in total. The molecule has 0 spiro atoms. The Morgan fingerprint density at radius 1 is 0.957 bits per heavy atom. The van der Waals surface area contributed by atoms with Crippen LogP contribution in [-0.2, 0) is 16.1 Å². The largest absolute Gasteiger partial charge is 0.489 e. The number of alkyl halides is 3. The van der Waals surface area contributed by atoms with Gasteiger partial charge in [-0.15, -0.1) is 0 Å². The van der Waals surface area contributed by atoms with E-state index in [1.807, 2.05) is 0 Å². The number of fused-ring (bicyclic) bond motifs is 1. The summed E-state index contributed by atoms with van der Waals surface area (Å²) in [6.45, 7) is 1.83. The first-order valence-electron chi connectivity index (χ1n) is 14.3. The summed E-state index contributed by atoms with van der Waals surface area (Å²) in [6.07, 6.45) is 1.42. The Morgan fingerprint density at radius 2 is 1.66 bits per heavy atom. The van der Waals surface area contributed by atoms with Crippen molar-refractivity contribution in [3.63, 3.8) is 0 Å². The monoisotopic (exact) mass is 678 g/mol. The fraction of sp³-hybridized carbons (Fsp3) is 0.281. The molecular formula is C32H31F5N4O5S. The van der Waals surface area contributed by atoms with Crippen molar-refractivity contribution in [1.82, 2.24) is 9.47 Å². The third kappa shape index (κ3) is 9.68. The topological polar surface area (TPSA) is 102 Å². The highest BCUT2D eigenvalue weighted by Crippen LogP contribution is 2.37. The Bertz CT molecular complexity index is 1740. The van der Waals surface area contributed by atoms with Crippen LogP contribution in [0.2, 0.25) is 0 Å². The minimum absolute atomic E-state index is 0.0199. The number of hydrogen-bond donors (Lipinski definition) is 2. The van der Waals surface area contributed by atoms with Crippen molar-refractivity contribution >= 4 is 51.9 Å². The zero-order valence-electron chi connectivity index (χ0n) is 25.5. The molecule has 2 N–H and O–H groups in total. The molecular weight excluding hydrogens is 647 g/mol. The minimum Gasteiger partial charge on any atom is -0.489 e. The van der Waals surface area contributed by atoms with Gasteiger partial charge in [-0.3, -0.25) is 19.1 Å². The number of aromatic nitrogens is 1. The van der Waals surface area contributed by atoms with Gasteiger partial charge >= 0.3 is 17.5 Å². The van der Waals surface area contributed by atoms with E-state index in [0.29, 0.717) is 11.1 Å². The lowest BCUT2D eigenvalue weighted by molar-refractivity contribution is -0.148. The molecule has 0 aliphatic heterocycles. The number of nitrogens with zero attached hydrogens (tertiary/aromatic N) is 2. The molecule has 0 fully saturated rings. The molecule has 1 heterocycles. The summed E-state index contributed by atoms with van der Waals surface area (Å²) in [5, 5.41) is 5.10. The Hall–Kier alpha value is -4.63. The molecule has 15 heteroatoms. The molecule has 2 amide bonds. The first kappa shape index (κ1) is 35.2. The summed E-state index contributed by atoms with van der Waals surface area (Å²) in [6, 6.07) is 11.4. The molecule has 1 aromatic heterocycles. The van der Waals surface area contributed by atoms with Crippen molar-refractivity contribution in [2.75, 3.05) is 31.3 Å². The van der Waals surface area contributed by atoms with Crippen LogP contribution in [0.5, 0.6) is 5.75 Å². The van der Waals surface area contributed by atoms with E-state index < -0.39 is 41.1 Å². The maximum atomic E-state index is 14.8. The lowest BCUT2D eigenvalue weighted by atomic mass is 10.1. The number of esters is 1. The lowest BCUT2D eigenvalue weighted by Crippen LogP contribution is -2.37. The van der Waals surface area contributed by atoms with E-state index in [1.165, 1.54) is 53.2 Å². The van der Waals surface area contributed by atoms with Gasteiger partial charge in [0.2, 0.25) is 5.91 Å². The molecule has 4 aromatic rings. The van der Waals surface area contributed by atoms with E-state index in [4.69, 9.17) is 9.47 Å². The van der Waals surface area contributed by atoms with Crippen molar-refractivity contribution in [3.05, 3.63) is 84.1 Å². The molecule has 3 aromatic carbocycles. The quantitative estimate of drug-likeness (QED) is 0.0901. The Labute approximate surface area is 271 Å². The smallest absolute Gasteiger partial charge is 0.446 e. The van der Waals surface area contributed by atoms with Gasteiger partial charge in [0.05, 0.1) is 23.5 Å². The molecule has 0 aliphatic carbocycles. The molecule has 47 heavy (non-hydrogen) atoms. The van der Waals surface area contributed by atoms with E-state index in [2.05, 4.69) is 10.6 Å². The van der Waals surface area contributed by atoms with Gasteiger partial charge in [0.1, 0.15) is 30.0 Å². The molecule has 0 saturated heterocycles. The van der Waals surface area contributed by atoms with Gasteiger partial charge in [-0.05, 0) is 87.2 Å². The number of rotatable bonds is 12. The third-order valence-electron chi connectivity index (χ3n) is 6.85. The highest BCUT2D eigenvalue weighted by molar-refractivity contribution is 8.00. The second-order valence-electron chi connectivity index (χ2n) is 10.4. The number of thioether (sulfide) groups is 1. The molecule has 0 radical (unpaired) electrons. The van der Waals surface area contributed by atoms with E-state index in [0.717, 1.165) is 18.2 Å². The van der Waals surface area contributed by atoms with Crippen LogP contribution in [-0.4, -0.2) is 59.6 Å². The minimum atomic E-state index is -4.40. The summed E-state index contributed by atoms with van der Waals surface area (Å²) in [7, 11) is 3.38. The number of hydrogen-bond acceptors (Lipinski definition) is 7. The van der Waals surface area contributed by atoms with Gasteiger partial charge in [0.25, 0.3) is 0 Å². The number of carbonyl (C=O) groups excluding carboxylic acids is 3. The van der Waals surface area contributed by atoms with Crippen molar-refractivity contribution in [3.8, 4) is 5.75 Å². The van der Waals surface area contributed by atoms with Crippen molar-refractivity contribution in [1.29, 1.82) is 0 Å². The van der Waals surface area contributed by atoms with Crippen LogP contribution >= 0.6 is 11.8 Å². The van der Waals surface area contributed by atoms with Crippen molar-refractivity contribution < 1.29 is 45.8 Å². The van der Waals surface area contributed by atoms with E-state index in [-0.39, 0.29) is 65.2 Å². The van der Waals surface area contributed by atoms with Crippen LogP contribution in [0.15, 0.2) is 71.8 Å². The first-order valence-corrected chi connectivity index (χ1v) is 15.1. The number of benzene rings is 3. The van der Waals surface area contributed by atoms with Crippen LogP contribution in [0.3, 0.4) is 0 Å². The second kappa shape index (κ2) is 15.3. The highest BCUT2D eigenvalue weighted by Gasteiger charge is 2.29. The van der Waals surface area contributed by atoms with Crippen LogP contribution in [0.4, 0.5) is 38.1 Å². The number of nitrogens with one attached hydrogen (secondary N) is 2. The average Bonchev–Trinajstić information content (AvgIpc) is 3.34. The van der Waals surface area contributed by atoms with Gasteiger partial charge in [-0.1, -0.05) is 12.1 Å². The number of amides is 2. The number of urea groups is 1.